The summed E-state index contributed by atoms with van der Waals surface area (Å²) >= 11 is 0. The average Bonchev–Trinajstić information content (AvgIpc) is 2.70. The fraction of sp³-hybridized carbons (Fsp3) is 0.909. The molecule has 96 valence electrons. The smallest absolute Gasteiger partial charge is 0.222 e. The van der Waals surface area contributed by atoms with Crippen LogP contribution in [0.2, 0.25) is 0 Å². The minimum Gasteiger partial charge on any atom is -0.378 e. The first-order valence-corrected chi connectivity index (χ1v) is 5.92. The number of carbonyl (C=O) groups excluding carboxylic acids is 1. The number of amides is 1. The lowest BCUT2D eigenvalue weighted by Crippen LogP contribution is -2.33. The van der Waals surface area contributed by atoms with Crippen LogP contribution in [0.15, 0.2) is 0 Å². The predicted octanol–water partition coefficient (Wildman–Crippen LogP) is 1.09. The minimum absolute atomic E-state index is 0. The highest BCUT2D eigenvalue weighted by molar-refractivity contribution is 5.85. The third-order valence-electron chi connectivity index (χ3n) is 2.49. The van der Waals surface area contributed by atoms with Gasteiger partial charge in [0.15, 0.2) is 0 Å². The van der Waals surface area contributed by atoms with Gasteiger partial charge in [0.05, 0.1) is 12.5 Å². The normalized spacial score (nSPS) is 19.2. The van der Waals surface area contributed by atoms with Gasteiger partial charge in [-0.3, -0.25) is 4.79 Å². The molecule has 0 aliphatic carbocycles. The quantitative estimate of drug-likeness (QED) is 0.666. The van der Waals surface area contributed by atoms with Crippen molar-refractivity contribution in [2.75, 3.05) is 26.2 Å². The van der Waals surface area contributed by atoms with E-state index in [1.54, 1.807) is 0 Å². The summed E-state index contributed by atoms with van der Waals surface area (Å²) in [5, 5.41) is 6.13. The maximum Gasteiger partial charge on any atom is 0.222 e. The molecule has 1 heterocycles. The van der Waals surface area contributed by atoms with Crippen LogP contribution in [-0.2, 0) is 9.53 Å². The molecule has 0 radical (unpaired) electrons. The molecule has 0 aromatic heterocycles. The Labute approximate surface area is 104 Å². The van der Waals surface area contributed by atoms with Gasteiger partial charge in [-0.25, -0.2) is 0 Å². The summed E-state index contributed by atoms with van der Waals surface area (Å²) in [4.78, 5) is 11.4. The van der Waals surface area contributed by atoms with Gasteiger partial charge in [0, 0.05) is 19.7 Å². The van der Waals surface area contributed by atoms with E-state index in [0.29, 0.717) is 13.0 Å². The van der Waals surface area contributed by atoms with Gasteiger partial charge in [-0.1, -0.05) is 6.92 Å². The van der Waals surface area contributed by atoms with Gasteiger partial charge >= 0.3 is 0 Å². The Morgan fingerprint density at radius 1 is 1.38 bits per heavy atom. The Hall–Kier alpha value is -0.320. The van der Waals surface area contributed by atoms with Gasteiger partial charge < -0.3 is 15.4 Å². The molecule has 1 saturated heterocycles. The number of rotatable bonds is 7. The lowest BCUT2D eigenvalue weighted by Gasteiger charge is -2.09. The molecular weight excluding hydrogens is 228 g/mol. The van der Waals surface area contributed by atoms with Gasteiger partial charge in [0.25, 0.3) is 0 Å². The molecule has 0 saturated carbocycles. The van der Waals surface area contributed by atoms with E-state index in [9.17, 15) is 4.79 Å². The Morgan fingerprint density at radius 3 is 2.81 bits per heavy atom. The Morgan fingerprint density at radius 2 is 2.19 bits per heavy atom. The first kappa shape index (κ1) is 15.7. The van der Waals surface area contributed by atoms with E-state index in [1.165, 1.54) is 0 Å². The second-order valence-electron chi connectivity index (χ2n) is 3.94. The maximum absolute atomic E-state index is 11.4. The average molecular weight is 251 g/mol. The van der Waals surface area contributed by atoms with Crippen LogP contribution in [0.3, 0.4) is 0 Å². The molecule has 0 spiro atoms. The van der Waals surface area contributed by atoms with Crippen LogP contribution in [0, 0.1) is 0 Å². The minimum atomic E-state index is 0. The summed E-state index contributed by atoms with van der Waals surface area (Å²) in [5.41, 5.74) is 0. The van der Waals surface area contributed by atoms with Crippen LogP contribution in [-0.4, -0.2) is 38.3 Å². The first-order chi connectivity index (χ1) is 7.33. The Bertz CT molecular complexity index is 185. The SMILES string of the molecule is CCCNCCNC(=O)CC1CCCO1.Cl. The van der Waals surface area contributed by atoms with Crippen LogP contribution < -0.4 is 10.6 Å². The lowest BCUT2D eigenvalue weighted by molar-refractivity contribution is -0.123. The molecular formula is C11H23ClN2O2. The zero-order valence-electron chi connectivity index (χ0n) is 9.96. The van der Waals surface area contributed by atoms with Gasteiger partial charge in [-0.2, -0.15) is 0 Å². The van der Waals surface area contributed by atoms with Crippen LogP contribution >= 0.6 is 12.4 Å². The summed E-state index contributed by atoms with van der Waals surface area (Å²) in [6, 6.07) is 0. The van der Waals surface area contributed by atoms with Crippen LogP contribution in [0.4, 0.5) is 0 Å². The molecule has 4 nitrogen and oxygen atoms in total. The van der Waals surface area contributed by atoms with E-state index >= 15 is 0 Å². The van der Waals surface area contributed by atoms with Crippen LogP contribution in [0.5, 0.6) is 0 Å². The Kier molecular flexibility index (Phi) is 9.68. The number of nitrogens with one attached hydrogen (secondary N) is 2. The molecule has 1 amide bonds. The third-order valence-corrected chi connectivity index (χ3v) is 2.49. The van der Waals surface area contributed by atoms with Gasteiger partial charge in [-0.15, -0.1) is 12.4 Å². The van der Waals surface area contributed by atoms with Crippen molar-refractivity contribution in [1.29, 1.82) is 0 Å². The second-order valence-corrected chi connectivity index (χ2v) is 3.94. The van der Waals surface area contributed by atoms with E-state index < -0.39 is 0 Å². The summed E-state index contributed by atoms with van der Waals surface area (Å²) in [5.74, 6) is 0.111. The topological polar surface area (TPSA) is 50.4 Å². The maximum atomic E-state index is 11.4. The predicted molar refractivity (Wildman–Crippen MR) is 67.0 cm³/mol. The second kappa shape index (κ2) is 9.87. The van der Waals surface area contributed by atoms with Crippen molar-refractivity contribution in [3.05, 3.63) is 0 Å². The summed E-state index contributed by atoms with van der Waals surface area (Å²) in [6.07, 6.45) is 3.93. The number of ether oxygens (including phenoxy) is 1. The third kappa shape index (κ3) is 7.04. The highest BCUT2D eigenvalue weighted by Crippen LogP contribution is 2.14. The van der Waals surface area contributed by atoms with Crippen molar-refractivity contribution >= 4 is 18.3 Å². The first-order valence-electron chi connectivity index (χ1n) is 5.92. The monoisotopic (exact) mass is 250 g/mol. The molecule has 1 unspecified atom stereocenters. The molecule has 1 aliphatic rings. The van der Waals surface area contributed by atoms with E-state index in [2.05, 4.69) is 17.6 Å². The van der Waals surface area contributed by atoms with Gasteiger partial charge in [-0.05, 0) is 25.8 Å². The van der Waals surface area contributed by atoms with E-state index in [1.807, 2.05) is 0 Å². The van der Waals surface area contributed by atoms with Crippen molar-refractivity contribution in [1.82, 2.24) is 10.6 Å². The highest BCUT2D eigenvalue weighted by Gasteiger charge is 2.18. The van der Waals surface area contributed by atoms with Crippen molar-refractivity contribution in [2.24, 2.45) is 0 Å². The number of carbonyl (C=O) groups is 1. The number of hydrogen-bond donors (Lipinski definition) is 2. The van der Waals surface area contributed by atoms with Gasteiger partial charge in [0.1, 0.15) is 0 Å². The number of halogens is 1. The van der Waals surface area contributed by atoms with Crippen molar-refractivity contribution in [2.45, 2.75) is 38.7 Å². The molecule has 5 heteroatoms. The van der Waals surface area contributed by atoms with E-state index in [0.717, 1.165) is 39.0 Å². The summed E-state index contributed by atoms with van der Waals surface area (Å²) in [7, 11) is 0. The molecule has 1 aliphatic heterocycles. The van der Waals surface area contributed by atoms with E-state index in [4.69, 9.17) is 4.74 Å². The highest BCUT2D eigenvalue weighted by atomic mass is 35.5. The van der Waals surface area contributed by atoms with Crippen molar-refractivity contribution in [3.63, 3.8) is 0 Å². The molecule has 0 aromatic carbocycles. The van der Waals surface area contributed by atoms with Crippen molar-refractivity contribution < 1.29 is 9.53 Å². The van der Waals surface area contributed by atoms with Gasteiger partial charge in [0.2, 0.25) is 5.91 Å². The summed E-state index contributed by atoms with van der Waals surface area (Å²) < 4.78 is 5.39. The largest absolute Gasteiger partial charge is 0.378 e. The molecule has 1 atom stereocenters. The van der Waals surface area contributed by atoms with E-state index in [-0.39, 0.29) is 24.4 Å². The fourth-order valence-electron chi connectivity index (χ4n) is 1.68. The molecule has 0 bridgehead atoms. The fourth-order valence-corrected chi connectivity index (χ4v) is 1.68. The molecule has 1 rings (SSSR count). The molecule has 16 heavy (non-hydrogen) atoms. The van der Waals surface area contributed by atoms with Crippen LogP contribution in [0.1, 0.15) is 32.6 Å². The number of hydrogen-bond acceptors (Lipinski definition) is 3. The standard InChI is InChI=1S/C11H22N2O2.ClH/c1-2-5-12-6-7-13-11(14)9-10-4-3-8-15-10;/h10,12H,2-9H2,1H3,(H,13,14);1H. The Balaban J connectivity index is 0.00000225. The van der Waals surface area contributed by atoms with Crippen molar-refractivity contribution in [3.8, 4) is 0 Å². The zero-order valence-corrected chi connectivity index (χ0v) is 10.8. The lowest BCUT2D eigenvalue weighted by atomic mass is 10.2. The summed E-state index contributed by atoms with van der Waals surface area (Å²) in [6.45, 7) is 5.53. The zero-order chi connectivity index (χ0) is 10.9. The molecule has 2 N–H and O–H groups in total. The molecule has 0 aromatic rings. The molecule has 1 fully saturated rings. The van der Waals surface area contributed by atoms with Crippen LogP contribution in [0.25, 0.3) is 0 Å².